The van der Waals surface area contributed by atoms with E-state index in [1.165, 1.54) is 0 Å². The Morgan fingerprint density at radius 1 is 1.35 bits per heavy atom. The minimum absolute atomic E-state index is 0.222. The van der Waals surface area contributed by atoms with E-state index in [0.717, 1.165) is 6.42 Å². The van der Waals surface area contributed by atoms with E-state index in [9.17, 15) is 4.79 Å². The zero-order valence-electron chi connectivity index (χ0n) is 12.0. The number of allylic oxidation sites excluding steroid dienone is 1. The number of hydrogen-bond donors (Lipinski definition) is 0. The van der Waals surface area contributed by atoms with Crippen molar-refractivity contribution >= 4 is 14.1 Å². The highest BCUT2D eigenvalue weighted by Gasteiger charge is 2.39. The van der Waals surface area contributed by atoms with Crippen molar-refractivity contribution in [1.29, 1.82) is 0 Å². The molecule has 0 aliphatic heterocycles. The molecule has 0 spiro atoms. The summed E-state index contributed by atoms with van der Waals surface area (Å²) in [6.45, 7) is 13.0. The molecule has 0 aromatic carbocycles. The molecule has 1 unspecified atom stereocenters. The van der Waals surface area contributed by atoms with E-state index >= 15 is 0 Å². The Kier molecular flexibility index (Phi) is 4.36. The Morgan fingerprint density at radius 2 is 1.94 bits per heavy atom. The van der Waals surface area contributed by atoms with Crippen molar-refractivity contribution in [3.05, 3.63) is 12.2 Å². The lowest BCUT2D eigenvalue weighted by Crippen LogP contribution is -2.43. The normalized spacial score (nSPS) is 25.3. The molecular formula is C14H26O2Si. The maximum absolute atomic E-state index is 11.1. The average molecular weight is 254 g/mol. The van der Waals surface area contributed by atoms with Crippen LogP contribution in [-0.4, -0.2) is 20.2 Å². The van der Waals surface area contributed by atoms with Crippen LogP contribution in [0.25, 0.3) is 0 Å². The molecule has 0 bridgehead atoms. The standard InChI is InChI=1S/C14H26O2Si/c1-11(15)9-12-7-8-13(10-12)16-17(5,6)14(2,3)4/h7-8,12-13H,9-10H2,1-6H3/t12-,13?/m1/s1. The summed E-state index contributed by atoms with van der Waals surface area (Å²) >= 11 is 0. The molecule has 3 heteroatoms. The van der Waals surface area contributed by atoms with Gasteiger partial charge in [-0.2, -0.15) is 0 Å². The Morgan fingerprint density at radius 3 is 2.41 bits per heavy atom. The highest BCUT2D eigenvalue weighted by atomic mass is 28.4. The van der Waals surface area contributed by atoms with E-state index in [1.54, 1.807) is 6.92 Å². The molecule has 17 heavy (non-hydrogen) atoms. The highest BCUT2D eigenvalue weighted by Crippen LogP contribution is 2.39. The number of carbonyl (C=O) groups excluding carboxylic acids is 1. The lowest BCUT2D eigenvalue weighted by atomic mass is 10.0. The Balaban J connectivity index is 2.52. The van der Waals surface area contributed by atoms with Crippen molar-refractivity contribution in [3.8, 4) is 0 Å². The van der Waals surface area contributed by atoms with Gasteiger partial charge in [-0.3, -0.25) is 0 Å². The monoisotopic (exact) mass is 254 g/mol. The Bertz CT molecular complexity index is 313. The molecule has 0 N–H and O–H groups in total. The van der Waals surface area contributed by atoms with Crippen LogP contribution in [0.3, 0.4) is 0 Å². The molecule has 0 aromatic heterocycles. The minimum Gasteiger partial charge on any atom is -0.411 e. The van der Waals surface area contributed by atoms with Crippen LogP contribution in [0.5, 0.6) is 0 Å². The molecule has 0 radical (unpaired) electrons. The third-order valence-electron chi connectivity index (χ3n) is 3.93. The molecule has 0 saturated carbocycles. The largest absolute Gasteiger partial charge is 0.411 e. The SMILES string of the molecule is CC(=O)C[C@H]1C=CC(O[Si](C)(C)C(C)(C)C)C1. The predicted octanol–water partition coefficient (Wildman–Crippen LogP) is 3.93. The fourth-order valence-corrected chi connectivity index (χ4v) is 3.19. The van der Waals surface area contributed by atoms with Gasteiger partial charge in [-0.1, -0.05) is 32.9 Å². The van der Waals surface area contributed by atoms with Crippen LogP contribution in [0, 0.1) is 5.92 Å². The van der Waals surface area contributed by atoms with E-state index < -0.39 is 8.32 Å². The first kappa shape index (κ1) is 14.6. The fraction of sp³-hybridized carbons (Fsp3) is 0.786. The van der Waals surface area contributed by atoms with Gasteiger partial charge < -0.3 is 9.22 Å². The van der Waals surface area contributed by atoms with E-state index in [-0.39, 0.29) is 16.9 Å². The van der Waals surface area contributed by atoms with Crippen molar-refractivity contribution in [1.82, 2.24) is 0 Å². The van der Waals surface area contributed by atoms with Crippen molar-refractivity contribution < 1.29 is 9.22 Å². The number of Topliss-reactive ketones (excluding diaryl/α,β-unsaturated/α-hetero) is 1. The summed E-state index contributed by atoms with van der Waals surface area (Å²) in [4.78, 5) is 11.1. The van der Waals surface area contributed by atoms with Gasteiger partial charge in [0.15, 0.2) is 8.32 Å². The lowest BCUT2D eigenvalue weighted by molar-refractivity contribution is -0.117. The zero-order chi connectivity index (χ0) is 13.3. The summed E-state index contributed by atoms with van der Waals surface area (Å²) in [5.74, 6) is 0.662. The maximum atomic E-state index is 11.1. The second-order valence-corrected chi connectivity index (χ2v) is 11.5. The van der Waals surface area contributed by atoms with Crippen molar-refractivity contribution in [2.24, 2.45) is 5.92 Å². The molecule has 1 aliphatic carbocycles. The lowest BCUT2D eigenvalue weighted by Gasteiger charge is -2.38. The van der Waals surface area contributed by atoms with E-state index in [1.807, 2.05) is 0 Å². The van der Waals surface area contributed by atoms with E-state index in [2.05, 4.69) is 46.0 Å². The molecule has 0 saturated heterocycles. The van der Waals surface area contributed by atoms with Gasteiger partial charge in [0, 0.05) is 6.42 Å². The van der Waals surface area contributed by atoms with Gasteiger partial charge in [0.2, 0.25) is 0 Å². The molecule has 2 nitrogen and oxygen atoms in total. The van der Waals surface area contributed by atoms with Gasteiger partial charge in [0.1, 0.15) is 5.78 Å². The summed E-state index contributed by atoms with van der Waals surface area (Å²) in [7, 11) is -1.68. The van der Waals surface area contributed by atoms with Crippen LogP contribution in [0.1, 0.15) is 40.5 Å². The molecule has 0 amide bonds. The molecule has 0 heterocycles. The van der Waals surface area contributed by atoms with Crippen molar-refractivity contribution in [3.63, 3.8) is 0 Å². The molecule has 1 rings (SSSR count). The summed E-state index contributed by atoms with van der Waals surface area (Å²) in [6, 6.07) is 0. The van der Waals surface area contributed by atoms with E-state index in [0.29, 0.717) is 12.3 Å². The third kappa shape index (κ3) is 4.07. The highest BCUT2D eigenvalue weighted by molar-refractivity contribution is 6.74. The number of ketones is 1. The van der Waals surface area contributed by atoms with Gasteiger partial charge in [0.05, 0.1) is 6.10 Å². The van der Waals surface area contributed by atoms with Crippen LogP contribution < -0.4 is 0 Å². The topological polar surface area (TPSA) is 26.3 Å². The number of carbonyl (C=O) groups is 1. The zero-order valence-corrected chi connectivity index (χ0v) is 13.0. The second-order valence-electron chi connectivity index (χ2n) is 6.70. The van der Waals surface area contributed by atoms with Crippen LogP contribution in [-0.2, 0) is 9.22 Å². The molecule has 1 aliphatic rings. The van der Waals surface area contributed by atoms with Crippen molar-refractivity contribution in [2.75, 3.05) is 0 Å². The summed E-state index contributed by atoms with van der Waals surface area (Å²) < 4.78 is 6.32. The average Bonchev–Trinajstić information content (AvgIpc) is 2.48. The summed E-state index contributed by atoms with van der Waals surface area (Å²) in [5, 5.41) is 0.250. The van der Waals surface area contributed by atoms with Crippen LogP contribution in [0.15, 0.2) is 12.2 Å². The predicted molar refractivity (Wildman–Crippen MR) is 74.6 cm³/mol. The first-order valence-electron chi connectivity index (χ1n) is 6.47. The van der Waals surface area contributed by atoms with Crippen LogP contribution in [0.2, 0.25) is 18.1 Å². The molecule has 0 fully saturated rings. The number of hydrogen-bond acceptors (Lipinski definition) is 2. The number of rotatable bonds is 4. The maximum Gasteiger partial charge on any atom is 0.192 e. The minimum atomic E-state index is -1.68. The summed E-state index contributed by atoms with van der Waals surface area (Å²) in [6.07, 6.45) is 6.16. The van der Waals surface area contributed by atoms with Crippen molar-refractivity contribution in [2.45, 2.75) is 64.8 Å². The van der Waals surface area contributed by atoms with Crippen LogP contribution >= 0.6 is 0 Å². The van der Waals surface area contributed by atoms with Gasteiger partial charge in [-0.25, -0.2) is 0 Å². The Labute approximate surface area is 107 Å². The van der Waals surface area contributed by atoms with Crippen LogP contribution in [0.4, 0.5) is 0 Å². The quantitative estimate of drug-likeness (QED) is 0.561. The third-order valence-corrected chi connectivity index (χ3v) is 8.44. The summed E-state index contributed by atoms with van der Waals surface area (Å²) in [5.41, 5.74) is 0. The van der Waals surface area contributed by atoms with E-state index in [4.69, 9.17) is 4.43 Å². The smallest absolute Gasteiger partial charge is 0.192 e. The molecular weight excluding hydrogens is 228 g/mol. The van der Waals surface area contributed by atoms with Gasteiger partial charge >= 0.3 is 0 Å². The first-order chi connectivity index (χ1) is 7.62. The molecule has 2 atom stereocenters. The second kappa shape index (κ2) is 5.07. The Hall–Kier alpha value is -0.413. The van der Waals surface area contributed by atoms with Gasteiger partial charge in [0.25, 0.3) is 0 Å². The van der Waals surface area contributed by atoms with Gasteiger partial charge in [-0.15, -0.1) is 0 Å². The molecule has 98 valence electrons. The van der Waals surface area contributed by atoms with Gasteiger partial charge in [-0.05, 0) is 37.4 Å². The fourth-order valence-electron chi connectivity index (χ4n) is 1.90. The molecule has 0 aromatic rings. The first-order valence-corrected chi connectivity index (χ1v) is 9.38.